The second kappa shape index (κ2) is 7.65. The molecule has 5 heteroatoms. The summed E-state index contributed by atoms with van der Waals surface area (Å²) < 4.78 is 0. The van der Waals surface area contributed by atoms with Gasteiger partial charge >= 0.3 is 0 Å². The fraction of sp³-hybridized carbons (Fsp3) is 0.500. The van der Waals surface area contributed by atoms with Crippen LogP contribution >= 0.6 is 11.8 Å². The zero-order valence-electron chi connectivity index (χ0n) is 14.8. The zero-order chi connectivity index (χ0) is 17.9. The molecule has 2 aliphatic heterocycles. The van der Waals surface area contributed by atoms with Gasteiger partial charge in [0.15, 0.2) is 0 Å². The van der Waals surface area contributed by atoms with Crippen molar-refractivity contribution in [1.82, 2.24) is 9.80 Å². The molecule has 0 N–H and O–H groups in total. The van der Waals surface area contributed by atoms with Crippen LogP contribution in [0.15, 0.2) is 43.0 Å². The average molecular weight is 359 g/mol. The van der Waals surface area contributed by atoms with Gasteiger partial charge in [-0.3, -0.25) is 9.59 Å². The molecular formula is C20H26N2O2S. The van der Waals surface area contributed by atoms with Gasteiger partial charge in [-0.1, -0.05) is 43.8 Å². The van der Waals surface area contributed by atoms with Crippen molar-refractivity contribution in [2.45, 2.75) is 30.4 Å². The summed E-state index contributed by atoms with van der Waals surface area (Å²) in [5.74, 6) is 1.19. The van der Waals surface area contributed by atoms with E-state index in [9.17, 15) is 9.59 Å². The quantitative estimate of drug-likeness (QED) is 0.780. The molecule has 3 rings (SSSR count). The molecule has 0 bridgehead atoms. The van der Waals surface area contributed by atoms with Crippen LogP contribution < -0.4 is 0 Å². The van der Waals surface area contributed by atoms with Crippen LogP contribution in [0.1, 0.15) is 25.3 Å². The van der Waals surface area contributed by atoms with Crippen LogP contribution in [0.2, 0.25) is 0 Å². The lowest BCUT2D eigenvalue weighted by Crippen LogP contribution is -2.55. The number of hydrogen-bond acceptors (Lipinski definition) is 3. The van der Waals surface area contributed by atoms with E-state index in [1.165, 1.54) is 6.08 Å². The van der Waals surface area contributed by atoms with E-state index >= 15 is 0 Å². The highest BCUT2D eigenvalue weighted by atomic mass is 32.2. The highest BCUT2D eigenvalue weighted by Gasteiger charge is 2.46. The molecule has 0 aromatic heterocycles. The van der Waals surface area contributed by atoms with Crippen molar-refractivity contribution < 1.29 is 9.59 Å². The molecule has 2 saturated heterocycles. The molecule has 0 aliphatic carbocycles. The zero-order valence-corrected chi connectivity index (χ0v) is 15.6. The van der Waals surface area contributed by atoms with Gasteiger partial charge in [0.05, 0.1) is 5.41 Å². The third kappa shape index (κ3) is 3.61. The van der Waals surface area contributed by atoms with Crippen LogP contribution in [0.25, 0.3) is 0 Å². The molecule has 0 saturated carbocycles. The number of likely N-dealkylation sites (tertiary alicyclic amines) is 1. The fourth-order valence-electron chi connectivity index (χ4n) is 3.93. The maximum atomic E-state index is 13.6. The Balaban J connectivity index is 1.87. The molecule has 1 atom stereocenters. The first-order chi connectivity index (χ1) is 12.1. The third-order valence-corrected chi connectivity index (χ3v) is 6.50. The first kappa shape index (κ1) is 18.1. The highest BCUT2D eigenvalue weighted by molar-refractivity contribution is 7.99. The summed E-state index contributed by atoms with van der Waals surface area (Å²) in [5, 5.41) is 0.480. The van der Waals surface area contributed by atoms with Gasteiger partial charge in [-0.25, -0.2) is 0 Å². The third-order valence-electron chi connectivity index (χ3n) is 5.37. The lowest BCUT2D eigenvalue weighted by Gasteiger charge is -2.44. The summed E-state index contributed by atoms with van der Waals surface area (Å²) in [5.41, 5.74) is 0.567. The minimum Gasteiger partial charge on any atom is -0.340 e. The Morgan fingerprint density at radius 1 is 1.16 bits per heavy atom. The Bertz CT molecular complexity index is 638. The summed E-state index contributed by atoms with van der Waals surface area (Å²) in [6.07, 6.45) is 2.71. The van der Waals surface area contributed by atoms with E-state index in [0.29, 0.717) is 31.2 Å². The van der Waals surface area contributed by atoms with Gasteiger partial charge < -0.3 is 9.80 Å². The number of piperidine rings is 1. The molecule has 134 valence electrons. The SMILES string of the molecule is C=CC(=O)N1CCC(C(=O)N2CCS[C@H](C)C2)(c2ccccc2)CC1. The molecule has 2 fully saturated rings. The van der Waals surface area contributed by atoms with E-state index in [-0.39, 0.29) is 11.8 Å². The van der Waals surface area contributed by atoms with E-state index in [0.717, 1.165) is 24.4 Å². The van der Waals surface area contributed by atoms with Crippen LogP contribution in [0.3, 0.4) is 0 Å². The molecule has 2 heterocycles. The van der Waals surface area contributed by atoms with Gasteiger partial charge in [-0.15, -0.1) is 0 Å². The van der Waals surface area contributed by atoms with Crippen LogP contribution in [-0.4, -0.2) is 58.8 Å². The fourth-order valence-corrected chi connectivity index (χ4v) is 4.94. The second-order valence-corrected chi connectivity index (χ2v) is 8.46. The predicted molar refractivity (Wildman–Crippen MR) is 103 cm³/mol. The van der Waals surface area contributed by atoms with E-state index in [1.807, 2.05) is 34.9 Å². The lowest BCUT2D eigenvalue weighted by atomic mass is 9.71. The minimum absolute atomic E-state index is 0.0443. The van der Waals surface area contributed by atoms with Gasteiger partial charge in [0.25, 0.3) is 0 Å². The number of amides is 2. The van der Waals surface area contributed by atoms with Gasteiger partial charge in [0.2, 0.25) is 11.8 Å². The minimum atomic E-state index is -0.513. The molecule has 4 nitrogen and oxygen atoms in total. The molecule has 0 spiro atoms. The molecule has 2 aliphatic rings. The standard InChI is InChI=1S/C20H26N2O2S/c1-3-18(23)21-11-9-20(10-12-21,17-7-5-4-6-8-17)19(24)22-13-14-25-16(2)15-22/h3-8,16H,1,9-15H2,2H3/t16-/m1/s1. The first-order valence-electron chi connectivity index (χ1n) is 8.95. The number of nitrogens with zero attached hydrogens (tertiary/aromatic N) is 2. The number of carbonyl (C=O) groups excluding carboxylic acids is 2. The Kier molecular flexibility index (Phi) is 5.52. The number of hydrogen-bond donors (Lipinski definition) is 0. The van der Waals surface area contributed by atoms with Crippen molar-refractivity contribution in [3.05, 3.63) is 48.6 Å². The van der Waals surface area contributed by atoms with Gasteiger partial charge in [0.1, 0.15) is 0 Å². The van der Waals surface area contributed by atoms with Gasteiger partial charge in [-0.2, -0.15) is 11.8 Å². The lowest BCUT2D eigenvalue weighted by molar-refractivity contribution is -0.141. The largest absolute Gasteiger partial charge is 0.340 e. The maximum Gasteiger partial charge on any atom is 0.245 e. The molecular weight excluding hydrogens is 332 g/mol. The van der Waals surface area contributed by atoms with Crippen LogP contribution in [0.5, 0.6) is 0 Å². The Morgan fingerprint density at radius 2 is 1.84 bits per heavy atom. The molecule has 25 heavy (non-hydrogen) atoms. The normalized spacial score (nSPS) is 23.2. The van der Waals surface area contributed by atoms with E-state index in [4.69, 9.17) is 0 Å². The predicted octanol–water partition coefficient (Wildman–Crippen LogP) is 2.70. The van der Waals surface area contributed by atoms with Crippen molar-refractivity contribution in [2.75, 3.05) is 31.9 Å². The van der Waals surface area contributed by atoms with Crippen molar-refractivity contribution in [2.24, 2.45) is 0 Å². The molecule has 2 amide bonds. The summed E-state index contributed by atoms with van der Waals surface area (Å²) >= 11 is 1.93. The second-order valence-electron chi connectivity index (χ2n) is 6.91. The highest BCUT2D eigenvalue weighted by Crippen LogP contribution is 2.38. The monoisotopic (exact) mass is 358 g/mol. The summed E-state index contributed by atoms with van der Waals surface area (Å²) in [7, 11) is 0. The summed E-state index contributed by atoms with van der Waals surface area (Å²) in [6, 6.07) is 10.1. The average Bonchev–Trinajstić information content (AvgIpc) is 2.67. The Labute approximate surface area is 154 Å². The van der Waals surface area contributed by atoms with Crippen LogP contribution in [-0.2, 0) is 15.0 Å². The number of rotatable bonds is 3. The first-order valence-corrected chi connectivity index (χ1v) is 9.99. The van der Waals surface area contributed by atoms with Gasteiger partial charge in [0, 0.05) is 37.2 Å². The van der Waals surface area contributed by atoms with E-state index in [2.05, 4.69) is 25.6 Å². The van der Waals surface area contributed by atoms with Crippen molar-refractivity contribution in [3.63, 3.8) is 0 Å². The summed E-state index contributed by atoms with van der Waals surface area (Å²) in [4.78, 5) is 29.3. The number of thioether (sulfide) groups is 1. The van der Waals surface area contributed by atoms with E-state index in [1.54, 1.807) is 4.90 Å². The Hall–Kier alpha value is -1.75. The summed E-state index contributed by atoms with van der Waals surface area (Å²) in [6.45, 7) is 8.60. The van der Waals surface area contributed by atoms with Crippen LogP contribution in [0, 0.1) is 0 Å². The van der Waals surface area contributed by atoms with Crippen molar-refractivity contribution in [3.8, 4) is 0 Å². The molecule has 1 aromatic carbocycles. The topological polar surface area (TPSA) is 40.6 Å². The molecule has 0 unspecified atom stereocenters. The smallest absolute Gasteiger partial charge is 0.245 e. The number of carbonyl (C=O) groups is 2. The van der Waals surface area contributed by atoms with E-state index < -0.39 is 5.41 Å². The van der Waals surface area contributed by atoms with Gasteiger partial charge in [-0.05, 0) is 24.5 Å². The van der Waals surface area contributed by atoms with Crippen molar-refractivity contribution >= 4 is 23.6 Å². The van der Waals surface area contributed by atoms with Crippen molar-refractivity contribution in [1.29, 1.82) is 0 Å². The number of benzene rings is 1. The maximum absolute atomic E-state index is 13.6. The molecule has 1 aromatic rings. The van der Waals surface area contributed by atoms with Crippen LogP contribution in [0.4, 0.5) is 0 Å². The molecule has 0 radical (unpaired) electrons. The Morgan fingerprint density at radius 3 is 2.44 bits per heavy atom.